The summed E-state index contributed by atoms with van der Waals surface area (Å²) in [5.41, 5.74) is 4.53. The van der Waals surface area contributed by atoms with Crippen molar-refractivity contribution in [3.8, 4) is 0 Å². The topological polar surface area (TPSA) is 57.5 Å². The lowest BCUT2D eigenvalue weighted by Crippen LogP contribution is -2.18. The van der Waals surface area contributed by atoms with Crippen molar-refractivity contribution in [2.45, 2.75) is 46.3 Å². The Morgan fingerprint density at radius 3 is 2.75 bits per heavy atom. The third-order valence-electron chi connectivity index (χ3n) is 5.22. The fourth-order valence-corrected chi connectivity index (χ4v) is 3.55. The largest absolute Gasteiger partial charge is 0.454 e. The zero-order valence-electron chi connectivity index (χ0n) is 16.7. The van der Waals surface area contributed by atoms with Crippen molar-refractivity contribution in [3.63, 3.8) is 0 Å². The van der Waals surface area contributed by atoms with Gasteiger partial charge in [0, 0.05) is 36.2 Å². The highest BCUT2D eigenvalue weighted by atomic mass is 16.5. The van der Waals surface area contributed by atoms with Gasteiger partial charge >= 0.3 is 5.97 Å². The number of esters is 1. The second-order valence-corrected chi connectivity index (χ2v) is 7.25. The summed E-state index contributed by atoms with van der Waals surface area (Å²) in [6.07, 6.45) is 5.40. The van der Waals surface area contributed by atoms with Crippen LogP contribution in [0.3, 0.4) is 0 Å². The van der Waals surface area contributed by atoms with Crippen LogP contribution in [0, 0.1) is 20.8 Å². The highest BCUT2D eigenvalue weighted by Crippen LogP contribution is 2.20. The molecule has 5 nitrogen and oxygen atoms in total. The van der Waals surface area contributed by atoms with Crippen LogP contribution in [0.1, 0.15) is 45.7 Å². The van der Waals surface area contributed by atoms with Crippen molar-refractivity contribution in [1.82, 2.24) is 4.57 Å². The Morgan fingerprint density at radius 1 is 1.25 bits per heavy atom. The maximum atomic E-state index is 12.6. The summed E-state index contributed by atoms with van der Waals surface area (Å²) in [5.74, 6) is -0.714. The van der Waals surface area contributed by atoms with E-state index in [1.54, 1.807) is 6.08 Å². The van der Waals surface area contributed by atoms with E-state index in [2.05, 4.69) is 4.57 Å². The molecular formula is C23H27NO4. The van der Waals surface area contributed by atoms with Gasteiger partial charge in [-0.15, -0.1) is 0 Å². The number of ketones is 1. The fourth-order valence-electron chi connectivity index (χ4n) is 3.55. The molecule has 1 fully saturated rings. The molecule has 28 heavy (non-hydrogen) atoms. The normalized spacial score (nSPS) is 16.6. The summed E-state index contributed by atoms with van der Waals surface area (Å²) in [6.45, 7) is 7.18. The first-order chi connectivity index (χ1) is 13.5. The van der Waals surface area contributed by atoms with Gasteiger partial charge in [0.05, 0.1) is 6.10 Å². The Labute approximate surface area is 166 Å². The second kappa shape index (κ2) is 9.02. The Kier molecular flexibility index (Phi) is 6.47. The van der Waals surface area contributed by atoms with E-state index < -0.39 is 5.97 Å². The highest BCUT2D eigenvalue weighted by molar-refractivity contribution is 6.00. The van der Waals surface area contributed by atoms with Crippen molar-refractivity contribution >= 4 is 17.8 Å². The molecule has 0 bridgehead atoms. The van der Waals surface area contributed by atoms with Gasteiger partial charge < -0.3 is 14.0 Å². The Balaban J connectivity index is 1.58. The summed E-state index contributed by atoms with van der Waals surface area (Å²) in [6, 6.07) is 9.62. The van der Waals surface area contributed by atoms with Crippen LogP contribution in [0.15, 0.2) is 36.4 Å². The molecule has 0 spiro atoms. The zero-order valence-corrected chi connectivity index (χ0v) is 16.7. The molecule has 2 aromatic rings. The summed E-state index contributed by atoms with van der Waals surface area (Å²) < 4.78 is 13.0. The van der Waals surface area contributed by atoms with Gasteiger partial charge in [0.1, 0.15) is 0 Å². The molecule has 0 radical (unpaired) electrons. The lowest BCUT2D eigenvalue weighted by Gasteiger charge is -2.14. The highest BCUT2D eigenvalue weighted by Gasteiger charge is 2.21. The van der Waals surface area contributed by atoms with Crippen LogP contribution in [0.25, 0.3) is 6.08 Å². The molecule has 1 aromatic heterocycles. The molecule has 3 rings (SSSR count). The van der Waals surface area contributed by atoms with E-state index in [-0.39, 0.29) is 18.5 Å². The molecule has 5 heteroatoms. The first-order valence-electron chi connectivity index (χ1n) is 9.67. The average molecular weight is 381 g/mol. The number of Topliss-reactive ketones (excluding diaryl/α,β-unsaturated/α-hetero) is 1. The number of aryl methyl sites for hydroxylation is 2. The van der Waals surface area contributed by atoms with Crippen LogP contribution in [0.2, 0.25) is 0 Å². The van der Waals surface area contributed by atoms with Crippen molar-refractivity contribution in [2.24, 2.45) is 0 Å². The number of carbonyl (C=O) groups is 2. The maximum absolute atomic E-state index is 12.6. The molecule has 1 saturated heterocycles. The van der Waals surface area contributed by atoms with E-state index in [0.29, 0.717) is 5.56 Å². The Hall–Kier alpha value is -2.66. The maximum Gasteiger partial charge on any atom is 0.331 e. The number of rotatable bonds is 7. The minimum Gasteiger partial charge on any atom is -0.454 e. The molecule has 1 atom stereocenters. The van der Waals surface area contributed by atoms with Gasteiger partial charge in [-0.3, -0.25) is 4.79 Å². The zero-order chi connectivity index (χ0) is 20.1. The van der Waals surface area contributed by atoms with Gasteiger partial charge in [-0.25, -0.2) is 4.79 Å². The average Bonchev–Trinajstić information content (AvgIpc) is 3.29. The molecule has 0 N–H and O–H groups in total. The van der Waals surface area contributed by atoms with Crippen molar-refractivity contribution < 1.29 is 19.1 Å². The van der Waals surface area contributed by atoms with Crippen molar-refractivity contribution in [2.75, 3.05) is 13.2 Å². The van der Waals surface area contributed by atoms with Gasteiger partial charge in [0.15, 0.2) is 6.61 Å². The number of nitrogens with zero attached hydrogens (tertiary/aromatic N) is 1. The predicted molar refractivity (Wildman–Crippen MR) is 108 cm³/mol. The molecule has 0 saturated carbocycles. The van der Waals surface area contributed by atoms with Crippen LogP contribution >= 0.6 is 0 Å². The molecule has 1 aliphatic rings. The quantitative estimate of drug-likeness (QED) is 0.413. The fraction of sp³-hybridized carbons (Fsp3) is 0.391. The minimum atomic E-state index is -0.523. The van der Waals surface area contributed by atoms with E-state index in [0.717, 1.165) is 48.5 Å². The van der Waals surface area contributed by atoms with Crippen molar-refractivity contribution in [3.05, 3.63) is 64.5 Å². The summed E-state index contributed by atoms with van der Waals surface area (Å²) in [4.78, 5) is 24.5. The van der Waals surface area contributed by atoms with Gasteiger partial charge in [-0.1, -0.05) is 24.3 Å². The van der Waals surface area contributed by atoms with E-state index in [9.17, 15) is 9.59 Å². The molecule has 0 unspecified atom stereocenters. The molecule has 1 aromatic carbocycles. The van der Waals surface area contributed by atoms with Gasteiger partial charge in [0.2, 0.25) is 5.78 Å². The number of carbonyl (C=O) groups excluding carboxylic acids is 2. The first-order valence-corrected chi connectivity index (χ1v) is 9.67. The van der Waals surface area contributed by atoms with Gasteiger partial charge in [-0.2, -0.15) is 0 Å². The number of hydrogen-bond donors (Lipinski definition) is 0. The molecule has 2 heterocycles. The number of ether oxygens (including phenoxy) is 2. The molecule has 0 aliphatic carbocycles. The lowest BCUT2D eigenvalue weighted by molar-refractivity contribution is -0.136. The van der Waals surface area contributed by atoms with Crippen LogP contribution < -0.4 is 0 Å². The molecule has 0 amide bonds. The SMILES string of the molecule is Cc1ccccc1/C=C/C(=O)OCC(=O)c1cc(C)n(C[C@@H]2CCCO2)c1C. The Morgan fingerprint density at radius 2 is 2.04 bits per heavy atom. The van der Waals surface area contributed by atoms with E-state index in [4.69, 9.17) is 9.47 Å². The standard InChI is InChI=1S/C23H27NO4/c1-16-7-4-5-8-19(16)10-11-23(26)28-15-22(25)21-13-17(2)24(18(21)3)14-20-9-6-12-27-20/h4-5,7-8,10-11,13,20H,6,9,12,14-15H2,1-3H3/b11-10+/t20-/m0/s1. The third-order valence-corrected chi connectivity index (χ3v) is 5.22. The number of aromatic nitrogens is 1. The van der Waals surface area contributed by atoms with Crippen LogP contribution in [0.4, 0.5) is 0 Å². The van der Waals surface area contributed by atoms with E-state index in [1.165, 1.54) is 6.08 Å². The summed E-state index contributed by atoms with van der Waals surface area (Å²) in [7, 11) is 0. The second-order valence-electron chi connectivity index (χ2n) is 7.25. The van der Waals surface area contributed by atoms with E-state index >= 15 is 0 Å². The van der Waals surface area contributed by atoms with Crippen LogP contribution in [-0.2, 0) is 20.8 Å². The van der Waals surface area contributed by atoms with Crippen molar-refractivity contribution in [1.29, 1.82) is 0 Å². The van der Waals surface area contributed by atoms with Gasteiger partial charge in [0.25, 0.3) is 0 Å². The van der Waals surface area contributed by atoms with Crippen LogP contribution in [0.5, 0.6) is 0 Å². The van der Waals surface area contributed by atoms with Gasteiger partial charge in [-0.05, 0) is 56.9 Å². The lowest BCUT2D eigenvalue weighted by atomic mass is 10.1. The number of benzene rings is 1. The van der Waals surface area contributed by atoms with E-state index in [1.807, 2.05) is 51.1 Å². The predicted octanol–water partition coefficient (Wildman–Crippen LogP) is 4.03. The monoisotopic (exact) mass is 381 g/mol. The smallest absolute Gasteiger partial charge is 0.331 e. The third kappa shape index (κ3) is 4.78. The summed E-state index contributed by atoms with van der Waals surface area (Å²) >= 11 is 0. The molecular weight excluding hydrogens is 354 g/mol. The Bertz CT molecular complexity index is 888. The molecule has 148 valence electrons. The minimum absolute atomic E-state index is 0.190. The first kappa shape index (κ1) is 20.1. The number of hydrogen-bond acceptors (Lipinski definition) is 4. The molecule has 1 aliphatic heterocycles. The van der Waals surface area contributed by atoms with Crippen LogP contribution in [-0.4, -0.2) is 35.6 Å². The summed E-state index contributed by atoms with van der Waals surface area (Å²) in [5, 5.41) is 0.